The Bertz CT molecular complexity index is 471. The van der Waals surface area contributed by atoms with Gasteiger partial charge < -0.3 is 9.84 Å². The van der Waals surface area contributed by atoms with Gasteiger partial charge in [-0.05, 0) is 37.0 Å². The van der Waals surface area contributed by atoms with Crippen molar-refractivity contribution in [2.75, 3.05) is 26.2 Å². The molecule has 1 aromatic rings. The topological polar surface area (TPSA) is 32.7 Å². The van der Waals surface area contributed by atoms with Crippen molar-refractivity contribution in [2.24, 2.45) is 5.92 Å². The van der Waals surface area contributed by atoms with Gasteiger partial charge in [0.2, 0.25) is 0 Å². The first-order valence-electron chi connectivity index (χ1n) is 6.59. The normalized spacial score (nSPS) is 22.1. The van der Waals surface area contributed by atoms with Gasteiger partial charge in [-0.15, -0.1) is 0 Å². The summed E-state index contributed by atoms with van der Waals surface area (Å²) < 4.78 is 5.63. The van der Waals surface area contributed by atoms with E-state index in [4.69, 9.17) is 27.9 Å². The van der Waals surface area contributed by atoms with Crippen LogP contribution < -0.4 is 4.74 Å². The van der Waals surface area contributed by atoms with Gasteiger partial charge in [-0.1, -0.05) is 23.2 Å². The Kier molecular flexibility index (Phi) is 3.65. The molecule has 0 amide bonds. The standard InChI is InChI=1S/C14H17Cl2NO2/c15-11-3-4-13(12(16)7-11)19-6-5-17-8-14(18,9-17)10-1-2-10/h3-4,7,10,18H,1-2,5-6,8-9H2. The summed E-state index contributed by atoms with van der Waals surface area (Å²) in [5, 5.41) is 11.3. The molecule has 19 heavy (non-hydrogen) atoms. The third-order valence-corrected chi connectivity index (χ3v) is 4.42. The number of benzene rings is 1. The number of hydrogen-bond donors (Lipinski definition) is 1. The Hall–Kier alpha value is -0.480. The molecule has 0 unspecified atom stereocenters. The highest BCUT2D eigenvalue weighted by molar-refractivity contribution is 6.35. The van der Waals surface area contributed by atoms with Gasteiger partial charge >= 0.3 is 0 Å². The van der Waals surface area contributed by atoms with Crippen molar-refractivity contribution in [1.29, 1.82) is 0 Å². The highest BCUT2D eigenvalue weighted by atomic mass is 35.5. The molecule has 1 heterocycles. The van der Waals surface area contributed by atoms with Crippen LogP contribution in [0.4, 0.5) is 0 Å². The molecule has 0 radical (unpaired) electrons. The van der Waals surface area contributed by atoms with Crippen molar-refractivity contribution < 1.29 is 9.84 Å². The third kappa shape index (κ3) is 3.00. The average molecular weight is 302 g/mol. The van der Waals surface area contributed by atoms with Crippen LogP contribution in [0.1, 0.15) is 12.8 Å². The van der Waals surface area contributed by atoms with E-state index in [1.807, 2.05) is 0 Å². The van der Waals surface area contributed by atoms with Crippen LogP contribution in [0.25, 0.3) is 0 Å². The second-order valence-corrected chi connectivity index (χ2v) is 6.36. The van der Waals surface area contributed by atoms with Crippen LogP contribution >= 0.6 is 23.2 Å². The lowest BCUT2D eigenvalue weighted by Gasteiger charge is -2.47. The van der Waals surface area contributed by atoms with Crippen LogP contribution in [0.15, 0.2) is 18.2 Å². The van der Waals surface area contributed by atoms with E-state index < -0.39 is 5.60 Å². The molecule has 0 atom stereocenters. The van der Waals surface area contributed by atoms with Gasteiger partial charge in [-0.3, -0.25) is 4.90 Å². The summed E-state index contributed by atoms with van der Waals surface area (Å²) in [6.07, 6.45) is 2.36. The fraction of sp³-hybridized carbons (Fsp3) is 0.571. The molecule has 1 N–H and O–H groups in total. The van der Waals surface area contributed by atoms with E-state index in [-0.39, 0.29) is 0 Å². The summed E-state index contributed by atoms with van der Waals surface area (Å²) in [5.41, 5.74) is -0.419. The van der Waals surface area contributed by atoms with Gasteiger partial charge in [0, 0.05) is 24.7 Å². The molecule has 1 aliphatic heterocycles. The number of aliphatic hydroxyl groups is 1. The summed E-state index contributed by atoms with van der Waals surface area (Å²) in [7, 11) is 0. The Morgan fingerprint density at radius 1 is 1.32 bits per heavy atom. The minimum atomic E-state index is -0.419. The molecule has 1 aromatic carbocycles. The van der Waals surface area contributed by atoms with Crippen molar-refractivity contribution in [3.05, 3.63) is 28.2 Å². The monoisotopic (exact) mass is 301 g/mol. The zero-order valence-electron chi connectivity index (χ0n) is 10.6. The molecule has 0 spiro atoms. The van der Waals surface area contributed by atoms with Crippen molar-refractivity contribution >= 4 is 23.2 Å². The molecule has 104 valence electrons. The van der Waals surface area contributed by atoms with Crippen LogP contribution in [0.3, 0.4) is 0 Å². The second kappa shape index (κ2) is 5.13. The SMILES string of the molecule is OC1(C2CC2)CN(CCOc2ccc(Cl)cc2Cl)C1. The largest absolute Gasteiger partial charge is 0.491 e. The van der Waals surface area contributed by atoms with Crippen molar-refractivity contribution in [2.45, 2.75) is 18.4 Å². The van der Waals surface area contributed by atoms with Crippen LogP contribution in [0.2, 0.25) is 10.0 Å². The van der Waals surface area contributed by atoms with Crippen LogP contribution in [0, 0.1) is 5.92 Å². The number of halogens is 2. The first-order valence-corrected chi connectivity index (χ1v) is 7.35. The molecule has 2 aliphatic rings. The van der Waals surface area contributed by atoms with Gasteiger partial charge in [0.15, 0.2) is 0 Å². The summed E-state index contributed by atoms with van der Waals surface area (Å²) in [5.74, 6) is 1.19. The lowest BCUT2D eigenvalue weighted by Crippen LogP contribution is -2.63. The van der Waals surface area contributed by atoms with Gasteiger partial charge in [-0.25, -0.2) is 0 Å². The number of nitrogens with zero attached hydrogens (tertiary/aromatic N) is 1. The Labute approximate surface area is 123 Å². The lowest BCUT2D eigenvalue weighted by atomic mass is 9.89. The van der Waals surface area contributed by atoms with Gasteiger partial charge in [0.05, 0.1) is 10.6 Å². The Morgan fingerprint density at radius 2 is 2.05 bits per heavy atom. The highest BCUT2D eigenvalue weighted by Crippen LogP contribution is 2.44. The molecular weight excluding hydrogens is 285 g/mol. The fourth-order valence-electron chi connectivity index (χ4n) is 2.64. The Morgan fingerprint density at radius 3 is 2.68 bits per heavy atom. The summed E-state index contributed by atoms with van der Waals surface area (Å²) in [6.45, 7) is 2.93. The third-order valence-electron chi connectivity index (χ3n) is 3.89. The maximum Gasteiger partial charge on any atom is 0.138 e. The van der Waals surface area contributed by atoms with Crippen molar-refractivity contribution in [1.82, 2.24) is 4.90 Å². The van der Waals surface area contributed by atoms with E-state index in [1.165, 1.54) is 12.8 Å². The predicted octanol–water partition coefficient (Wildman–Crippen LogP) is 2.83. The number of ether oxygens (including phenoxy) is 1. The number of β-amino-alcohol motifs (C(OH)–C–C–N with tert-alkyl or cyclic N) is 1. The maximum atomic E-state index is 10.2. The number of likely N-dealkylation sites (tertiary alicyclic amines) is 1. The van der Waals surface area contributed by atoms with Crippen LogP contribution in [-0.4, -0.2) is 41.8 Å². The quantitative estimate of drug-likeness (QED) is 0.908. The van der Waals surface area contributed by atoms with E-state index in [0.29, 0.717) is 28.3 Å². The maximum absolute atomic E-state index is 10.2. The molecule has 5 heteroatoms. The summed E-state index contributed by atoms with van der Waals surface area (Å²) >= 11 is 11.8. The molecule has 0 bridgehead atoms. The number of rotatable bonds is 5. The zero-order valence-corrected chi connectivity index (χ0v) is 12.1. The van der Waals surface area contributed by atoms with Crippen LogP contribution in [0.5, 0.6) is 5.75 Å². The van der Waals surface area contributed by atoms with E-state index in [1.54, 1.807) is 18.2 Å². The van der Waals surface area contributed by atoms with Crippen molar-refractivity contribution in [3.63, 3.8) is 0 Å². The smallest absolute Gasteiger partial charge is 0.138 e. The van der Waals surface area contributed by atoms with E-state index in [2.05, 4.69) is 4.90 Å². The highest BCUT2D eigenvalue weighted by Gasteiger charge is 2.51. The van der Waals surface area contributed by atoms with Gasteiger partial charge in [0.1, 0.15) is 12.4 Å². The van der Waals surface area contributed by atoms with Gasteiger partial charge in [-0.2, -0.15) is 0 Å². The lowest BCUT2D eigenvalue weighted by molar-refractivity contribution is -0.115. The number of hydrogen-bond acceptors (Lipinski definition) is 3. The molecule has 0 aromatic heterocycles. The molecule has 2 fully saturated rings. The summed E-state index contributed by atoms with van der Waals surface area (Å²) in [6, 6.07) is 5.22. The first kappa shape index (κ1) is 13.5. The fourth-order valence-corrected chi connectivity index (χ4v) is 3.11. The molecule has 3 rings (SSSR count). The Balaban J connectivity index is 1.42. The van der Waals surface area contributed by atoms with Gasteiger partial charge in [0.25, 0.3) is 0 Å². The zero-order chi connectivity index (χ0) is 13.5. The van der Waals surface area contributed by atoms with E-state index >= 15 is 0 Å². The van der Waals surface area contributed by atoms with E-state index in [0.717, 1.165) is 19.6 Å². The molecule has 1 saturated carbocycles. The molecule has 3 nitrogen and oxygen atoms in total. The first-order chi connectivity index (χ1) is 9.07. The van der Waals surface area contributed by atoms with Crippen LogP contribution in [-0.2, 0) is 0 Å². The average Bonchev–Trinajstić information content (AvgIpc) is 3.13. The minimum Gasteiger partial charge on any atom is -0.491 e. The van der Waals surface area contributed by atoms with E-state index in [9.17, 15) is 5.11 Å². The molecular formula is C14H17Cl2NO2. The van der Waals surface area contributed by atoms with Crippen molar-refractivity contribution in [3.8, 4) is 5.75 Å². The summed E-state index contributed by atoms with van der Waals surface area (Å²) in [4.78, 5) is 2.21. The second-order valence-electron chi connectivity index (χ2n) is 5.51. The molecule has 1 saturated heterocycles. The predicted molar refractivity (Wildman–Crippen MR) is 76.1 cm³/mol. The minimum absolute atomic E-state index is 0.419. The molecule has 1 aliphatic carbocycles.